The fraction of sp³-hybridized carbons (Fsp3) is 0.250. The summed E-state index contributed by atoms with van der Waals surface area (Å²) < 4.78 is 0. The van der Waals surface area contributed by atoms with Gasteiger partial charge in [-0.25, -0.2) is 5.01 Å². The molecular weight excluding hydrogens is 209 g/mol. The molecule has 0 unspecified atom stereocenters. The molecule has 1 rings (SSSR count). The van der Waals surface area contributed by atoms with Crippen molar-refractivity contribution in [3.8, 4) is 0 Å². The molecule has 0 radical (unpaired) electrons. The van der Waals surface area contributed by atoms with Crippen LogP contribution in [0.5, 0.6) is 0 Å². The molecule has 0 spiro atoms. The van der Waals surface area contributed by atoms with Crippen molar-refractivity contribution in [3.63, 3.8) is 0 Å². The topological polar surface area (TPSA) is 41.3 Å². The number of nitrogens with zero attached hydrogens (tertiary/aromatic N) is 1. The van der Waals surface area contributed by atoms with E-state index in [9.17, 15) is 0 Å². The number of nitrogens with one attached hydrogen (secondary N) is 1. The molecule has 0 bridgehead atoms. The van der Waals surface area contributed by atoms with Crippen LogP contribution < -0.4 is 11.2 Å². The van der Waals surface area contributed by atoms with Gasteiger partial charge in [0.1, 0.15) is 0 Å². The molecule has 0 amide bonds. The van der Waals surface area contributed by atoms with Gasteiger partial charge in [-0.05, 0) is 12.1 Å². The molecule has 0 saturated heterocycles. The molecule has 0 heterocycles. The third kappa shape index (κ3) is 2.66. The summed E-state index contributed by atoms with van der Waals surface area (Å²) in [5.41, 5.74) is 9.76. The van der Waals surface area contributed by atoms with Crippen LogP contribution in [0.2, 0.25) is 10.0 Å². The number of nitrogen functional groups attached to an aromatic ring is 1. The Morgan fingerprint density at radius 2 is 1.69 bits per heavy atom. The fourth-order valence-electron chi connectivity index (χ4n) is 0.923. The van der Waals surface area contributed by atoms with Crippen LogP contribution in [0.1, 0.15) is 0 Å². The number of nitrogens with two attached hydrogens (primary N) is 1. The van der Waals surface area contributed by atoms with Crippen LogP contribution in [0.15, 0.2) is 12.1 Å². The quantitative estimate of drug-likeness (QED) is 0.594. The van der Waals surface area contributed by atoms with E-state index >= 15 is 0 Å². The number of hydrazine groups is 1. The van der Waals surface area contributed by atoms with Crippen molar-refractivity contribution in [2.24, 2.45) is 0 Å². The summed E-state index contributed by atoms with van der Waals surface area (Å²) in [6.45, 7) is 0. The maximum absolute atomic E-state index is 5.93. The van der Waals surface area contributed by atoms with E-state index < -0.39 is 0 Å². The first-order valence-electron chi connectivity index (χ1n) is 3.69. The number of anilines is 2. The smallest absolute Gasteiger partial charge is 0.0866 e. The maximum Gasteiger partial charge on any atom is 0.0866 e. The zero-order valence-corrected chi connectivity index (χ0v) is 8.95. The lowest BCUT2D eigenvalue weighted by molar-refractivity contribution is 0.495. The predicted molar refractivity (Wildman–Crippen MR) is 58.2 cm³/mol. The summed E-state index contributed by atoms with van der Waals surface area (Å²) >= 11 is 11.9. The fourth-order valence-corrected chi connectivity index (χ4v) is 1.51. The number of benzene rings is 1. The summed E-state index contributed by atoms with van der Waals surface area (Å²) in [6, 6.07) is 3.30. The average molecular weight is 220 g/mol. The SMILES string of the molecule is CN(C)Nc1c(Cl)cc(N)cc1Cl. The minimum absolute atomic E-state index is 0.513. The molecule has 0 fully saturated rings. The van der Waals surface area contributed by atoms with E-state index in [1.165, 1.54) is 0 Å². The van der Waals surface area contributed by atoms with E-state index in [2.05, 4.69) is 5.43 Å². The van der Waals surface area contributed by atoms with Crippen LogP contribution in [-0.4, -0.2) is 19.1 Å². The van der Waals surface area contributed by atoms with E-state index in [0.717, 1.165) is 0 Å². The molecule has 1 aromatic carbocycles. The van der Waals surface area contributed by atoms with Crippen LogP contribution in [0.25, 0.3) is 0 Å². The lowest BCUT2D eigenvalue weighted by Gasteiger charge is -2.16. The summed E-state index contributed by atoms with van der Waals surface area (Å²) in [6.07, 6.45) is 0. The molecule has 3 nitrogen and oxygen atoms in total. The van der Waals surface area contributed by atoms with Crippen molar-refractivity contribution in [1.82, 2.24) is 5.01 Å². The van der Waals surface area contributed by atoms with Gasteiger partial charge in [-0.15, -0.1) is 0 Å². The first-order chi connectivity index (χ1) is 6.00. The van der Waals surface area contributed by atoms with Crippen molar-refractivity contribution in [2.75, 3.05) is 25.3 Å². The maximum atomic E-state index is 5.93. The molecule has 0 aliphatic heterocycles. The minimum atomic E-state index is 0.513. The summed E-state index contributed by atoms with van der Waals surface area (Å²) in [7, 11) is 3.70. The van der Waals surface area contributed by atoms with Crippen LogP contribution >= 0.6 is 23.2 Å². The molecule has 0 saturated carbocycles. The largest absolute Gasteiger partial charge is 0.399 e. The van der Waals surface area contributed by atoms with Gasteiger partial charge in [0.05, 0.1) is 15.7 Å². The van der Waals surface area contributed by atoms with E-state index in [1.807, 2.05) is 14.1 Å². The van der Waals surface area contributed by atoms with Crippen molar-refractivity contribution >= 4 is 34.6 Å². The number of rotatable bonds is 2. The zero-order chi connectivity index (χ0) is 10.0. The monoisotopic (exact) mass is 219 g/mol. The zero-order valence-electron chi connectivity index (χ0n) is 7.44. The molecule has 1 aromatic rings. The standard InChI is InChI=1S/C8H11Cl2N3/c1-13(2)12-8-6(9)3-5(11)4-7(8)10/h3-4,12H,11H2,1-2H3. The van der Waals surface area contributed by atoms with Crippen LogP contribution in [-0.2, 0) is 0 Å². The molecular formula is C8H11Cl2N3. The molecule has 0 aliphatic carbocycles. The third-order valence-corrected chi connectivity index (χ3v) is 2.00. The van der Waals surface area contributed by atoms with E-state index in [4.69, 9.17) is 28.9 Å². The second-order valence-electron chi connectivity index (χ2n) is 2.87. The van der Waals surface area contributed by atoms with Gasteiger partial charge < -0.3 is 11.2 Å². The van der Waals surface area contributed by atoms with Crippen molar-refractivity contribution < 1.29 is 0 Å². The Morgan fingerprint density at radius 3 is 2.08 bits per heavy atom. The van der Waals surface area contributed by atoms with Gasteiger partial charge in [0.15, 0.2) is 0 Å². The molecule has 0 aliphatic rings. The van der Waals surface area contributed by atoms with Crippen LogP contribution in [0.3, 0.4) is 0 Å². The van der Waals surface area contributed by atoms with Gasteiger partial charge in [-0.3, -0.25) is 0 Å². The average Bonchev–Trinajstić information content (AvgIpc) is 1.96. The molecule has 0 atom stereocenters. The number of hydrogen-bond acceptors (Lipinski definition) is 3. The Morgan fingerprint density at radius 1 is 1.23 bits per heavy atom. The van der Waals surface area contributed by atoms with Gasteiger partial charge in [0.2, 0.25) is 0 Å². The van der Waals surface area contributed by atoms with E-state index in [-0.39, 0.29) is 0 Å². The molecule has 0 aromatic heterocycles. The van der Waals surface area contributed by atoms with Gasteiger partial charge in [-0.2, -0.15) is 0 Å². The van der Waals surface area contributed by atoms with Crippen LogP contribution in [0.4, 0.5) is 11.4 Å². The third-order valence-electron chi connectivity index (χ3n) is 1.40. The summed E-state index contributed by atoms with van der Waals surface area (Å²) in [5.74, 6) is 0. The highest BCUT2D eigenvalue weighted by Crippen LogP contribution is 2.32. The van der Waals surface area contributed by atoms with Gasteiger partial charge in [0, 0.05) is 19.8 Å². The number of hydrogen-bond donors (Lipinski definition) is 2. The highest BCUT2D eigenvalue weighted by molar-refractivity contribution is 6.39. The lowest BCUT2D eigenvalue weighted by Crippen LogP contribution is -2.20. The van der Waals surface area contributed by atoms with Crippen molar-refractivity contribution in [1.29, 1.82) is 0 Å². The van der Waals surface area contributed by atoms with Crippen molar-refractivity contribution in [2.45, 2.75) is 0 Å². The van der Waals surface area contributed by atoms with Gasteiger partial charge in [-0.1, -0.05) is 23.2 Å². The Bertz CT molecular complexity index is 289. The first-order valence-corrected chi connectivity index (χ1v) is 4.45. The Kier molecular flexibility index (Phi) is 3.25. The normalized spacial score (nSPS) is 10.5. The Balaban J connectivity index is 3.06. The van der Waals surface area contributed by atoms with E-state index in [1.54, 1.807) is 17.1 Å². The van der Waals surface area contributed by atoms with Gasteiger partial charge >= 0.3 is 0 Å². The molecule has 3 N–H and O–H groups in total. The summed E-state index contributed by atoms with van der Waals surface area (Å²) in [5, 5.41) is 2.78. The molecule has 72 valence electrons. The van der Waals surface area contributed by atoms with Gasteiger partial charge in [0.25, 0.3) is 0 Å². The summed E-state index contributed by atoms with van der Waals surface area (Å²) in [4.78, 5) is 0. The molecule has 13 heavy (non-hydrogen) atoms. The Hall–Kier alpha value is -0.640. The highest BCUT2D eigenvalue weighted by Gasteiger charge is 2.06. The van der Waals surface area contributed by atoms with Crippen LogP contribution in [0, 0.1) is 0 Å². The Labute approximate surface area is 87.4 Å². The lowest BCUT2D eigenvalue weighted by atomic mass is 10.3. The minimum Gasteiger partial charge on any atom is -0.399 e. The molecule has 5 heteroatoms. The first kappa shape index (κ1) is 10.4. The van der Waals surface area contributed by atoms with E-state index in [0.29, 0.717) is 21.4 Å². The number of halogens is 2. The second kappa shape index (κ2) is 4.05. The van der Waals surface area contributed by atoms with Crippen molar-refractivity contribution in [3.05, 3.63) is 22.2 Å². The predicted octanol–water partition coefficient (Wildman–Crippen LogP) is 2.46. The highest BCUT2D eigenvalue weighted by atomic mass is 35.5. The second-order valence-corrected chi connectivity index (χ2v) is 3.68.